The maximum atomic E-state index is 11.8. The van der Waals surface area contributed by atoms with Gasteiger partial charge in [-0.25, -0.2) is 4.99 Å². The van der Waals surface area contributed by atoms with Gasteiger partial charge in [-0.3, -0.25) is 4.79 Å². The second-order valence-corrected chi connectivity index (χ2v) is 6.68. The van der Waals surface area contributed by atoms with Crippen molar-refractivity contribution in [1.29, 1.82) is 0 Å². The Bertz CT molecular complexity index is 784. The molecule has 1 amide bonds. The van der Waals surface area contributed by atoms with Crippen LogP contribution in [0.2, 0.25) is 0 Å². The first-order chi connectivity index (χ1) is 14.1. The zero-order valence-corrected chi connectivity index (χ0v) is 20.3. The third kappa shape index (κ3) is 9.13. The molecule has 0 aliphatic heterocycles. The zero-order valence-electron chi connectivity index (χ0n) is 18.0. The number of amides is 1. The lowest BCUT2D eigenvalue weighted by Gasteiger charge is -2.14. The average Bonchev–Trinajstić information content (AvgIpc) is 2.77. The average molecular weight is 524 g/mol. The van der Waals surface area contributed by atoms with Crippen LogP contribution < -0.4 is 16.0 Å². The molecular weight excluding hydrogens is 491 g/mol. The molecule has 2 rings (SSSR count). The fourth-order valence-electron chi connectivity index (χ4n) is 2.83. The smallest absolute Gasteiger partial charge is 0.251 e. The molecular formula is C23H33IN4O2. The predicted molar refractivity (Wildman–Crippen MR) is 133 cm³/mol. The number of nitrogens with one attached hydrogen (secondary N) is 3. The van der Waals surface area contributed by atoms with E-state index in [1.165, 1.54) is 5.56 Å². The predicted octanol–water partition coefficient (Wildman–Crippen LogP) is 3.89. The molecule has 0 aromatic heterocycles. The second-order valence-electron chi connectivity index (χ2n) is 6.68. The van der Waals surface area contributed by atoms with Gasteiger partial charge >= 0.3 is 0 Å². The molecule has 6 nitrogen and oxygen atoms in total. The number of hydrogen-bond acceptors (Lipinski definition) is 3. The van der Waals surface area contributed by atoms with Crippen LogP contribution in [0.3, 0.4) is 0 Å². The van der Waals surface area contributed by atoms with E-state index in [1.54, 1.807) is 13.1 Å². The quantitative estimate of drug-likeness (QED) is 0.191. The van der Waals surface area contributed by atoms with Gasteiger partial charge in [0, 0.05) is 32.3 Å². The van der Waals surface area contributed by atoms with Crippen molar-refractivity contribution in [2.75, 3.05) is 26.7 Å². The molecule has 0 fully saturated rings. The van der Waals surface area contributed by atoms with Crippen LogP contribution in [-0.4, -0.2) is 38.6 Å². The van der Waals surface area contributed by atoms with Gasteiger partial charge in [0.1, 0.15) is 0 Å². The van der Waals surface area contributed by atoms with Crippen molar-refractivity contribution in [3.05, 3.63) is 71.3 Å². The maximum absolute atomic E-state index is 11.8. The molecule has 0 aliphatic carbocycles. The molecule has 1 atom stereocenters. The van der Waals surface area contributed by atoms with Crippen LogP contribution in [0.4, 0.5) is 0 Å². The highest BCUT2D eigenvalue weighted by Crippen LogP contribution is 2.15. The van der Waals surface area contributed by atoms with Gasteiger partial charge in [0.2, 0.25) is 0 Å². The van der Waals surface area contributed by atoms with Crippen molar-refractivity contribution in [2.24, 2.45) is 4.99 Å². The Morgan fingerprint density at radius 3 is 2.57 bits per heavy atom. The summed E-state index contributed by atoms with van der Waals surface area (Å²) in [7, 11) is 1.63. The summed E-state index contributed by atoms with van der Waals surface area (Å²) in [6.45, 7) is 6.84. The molecule has 0 bridgehead atoms. The monoisotopic (exact) mass is 524 g/mol. The highest BCUT2D eigenvalue weighted by Gasteiger charge is 2.05. The van der Waals surface area contributed by atoms with Crippen LogP contribution in [0, 0.1) is 0 Å². The Labute approximate surface area is 196 Å². The summed E-state index contributed by atoms with van der Waals surface area (Å²) >= 11 is 0. The lowest BCUT2D eigenvalue weighted by Crippen LogP contribution is -2.38. The lowest BCUT2D eigenvalue weighted by atomic mass is 10.1. The van der Waals surface area contributed by atoms with Gasteiger partial charge in [0.25, 0.3) is 5.91 Å². The van der Waals surface area contributed by atoms with Crippen LogP contribution >= 0.6 is 24.0 Å². The van der Waals surface area contributed by atoms with Gasteiger partial charge < -0.3 is 20.7 Å². The molecule has 0 heterocycles. The van der Waals surface area contributed by atoms with Crippen molar-refractivity contribution >= 4 is 35.8 Å². The number of hydrogen-bond donors (Lipinski definition) is 3. The fraction of sp³-hybridized carbons (Fsp3) is 0.391. The summed E-state index contributed by atoms with van der Waals surface area (Å²) in [4.78, 5) is 16.4. The molecule has 30 heavy (non-hydrogen) atoms. The number of carbonyl (C=O) groups is 1. The van der Waals surface area contributed by atoms with E-state index in [1.807, 2.05) is 43.3 Å². The molecule has 2 aromatic rings. The van der Waals surface area contributed by atoms with Crippen LogP contribution in [0.25, 0.3) is 0 Å². The molecule has 1 unspecified atom stereocenters. The van der Waals surface area contributed by atoms with E-state index >= 15 is 0 Å². The van der Waals surface area contributed by atoms with Crippen LogP contribution in [0.15, 0.2) is 59.6 Å². The van der Waals surface area contributed by atoms with E-state index in [0.717, 1.165) is 31.0 Å². The van der Waals surface area contributed by atoms with Gasteiger partial charge in [-0.15, -0.1) is 24.0 Å². The highest BCUT2D eigenvalue weighted by molar-refractivity contribution is 14.0. The molecule has 0 saturated heterocycles. The SMILES string of the molecule is CCNC(=NCc1cccc(C(=O)NC)c1)NCCCOC(C)c1ccccc1.I. The van der Waals surface area contributed by atoms with Crippen LogP contribution in [0.5, 0.6) is 0 Å². The third-order valence-corrected chi connectivity index (χ3v) is 4.43. The van der Waals surface area contributed by atoms with Gasteiger partial charge in [-0.05, 0) is 43.5 Å². The van der Waals surface area contributed by atoms with Gasteiger partial charge in [0.05, 0.1) is 12.6 Å². The zero-order chi connectivity index (χ0) is 20.9. The summed E-state index contributed by atoms with van der Waals surface area (Å²) in [5.41, 5.74) is 2.82. The summed E-state index contributed by atoms with van der Waals surface area (Å²) in [5, 5.41) is 9.22. The number of nitrogens with zero attached hydrogens (tertiary/aromatic N) is 1. The number of guanidine groups is 1. The number of ether oxygens (including phenoxy) is 1. The lowest BCUT2D eigenvalue weighted by molar-refractivity contribution is 0.0646. The molecule has 3 N–H and O–H groups in total. The van der Waals surface area contributed by atoms with E-state index in [2.05, 4.69) is 40.0 Å². The first kappa shape index (κ1) is 25.9. The molecule has 0 spiro atoms. The molecule has 2 aromatic carbocycles. The summed E-state index contributed by atoms with van der Waals surface area (Å²) in [6.07, 6.45) is 0.971. The minimum absolute atomic E-state index is 0. The van der Waals surface area contributed by atoms with E-state index in [4.69, 9.17) is 4.74 Å². The Morgan fingerprint density at radius 1 is 1.10 bits per heavy atom. The van der Waals surface area contributed by atoms with E-state index in [9.17, 15) is 4.79 Å². The summed E-state index contributed by atoms with van der Waals surface area (Å²) < 4.78 is 5.91. The Hall–Kier alpha value is -2.13. The first-order valence-electron chi connectivity index (χ1n) is 10.1. The number of benzene rings is 2. The molecule has 164 valence electrons. The summed E-state index contributed by atoms with van der Waals surface area (Å²) in [6, 6.07) is 17.7. The van der Waals surface area contributed by atoms with Crippen LogP contribution in [-0.2, 0) is 11.3 Å². The Morgan fingerprint density at radius 2 is 1.87 bits per heavy atom. The second kappa shape index (κ2) is 14.8. The third-order valence-electron chi connectivity index (χ3n) is 4.43. The number of aliphatic imine (C=N–C) groups is 1. The largest absolute Gasteiger partial charge is 0.374 e. The fourth-order valence-corrected chi connectivity index (χ4v) is 2.83. The van der Waals surface area contributed by atoms with Crippen molar-refractivity contribution < 1.29 is 9.53 Å². The first-order valence-corrected chi connectivity index (χ1v) is 10.1. The van der Waals surface area contributed by atoms with Crippen molar-refractivity contribution in [2.45, 2.75) is 32.9 Å². The van der Waals surface area contributed by atoms with E-state index in [0.29, 0.717) is 18.7 Å². The van der Waals surface area contributed by atoms with Gasteiger partial charge in [-0.1, -0.05) is 42.5 Å². The standard InChI is InChI=1S/C23H32N4O2.HI/c1-4-25-23(27-17-19-10-8-13-21(16-19)22(28)24-3)26-14-9-15-29-18(2)20-11-6-5-7-12-20;/h5-8,10-13,16,18H,4,9,14-15,17H2,1-3H3,(H,24,28)(H2,25,26,27);1H. The molecule has 0 saturated carbocycles. The summed E-state index contributed by atoms with van der Waals surface area (Å²) in [5.74, 6) is 0.666. The maximum Gasteiger partial charge on any atom is 0.251 e. The van der Waals surface area contributed by atoms with Crippen molar-refractivity contribution in [1.82, 2.24) is 16.0 Å². The van der Waals surface area contributed by atoms with Gasteiger partial charge in [0.15, 0.2) is 5.96 Å². The van der Waals surface area contributed by atoms with Crippen molar-refractivity contribution in [3.8, 4) is 0 Å². The highest BCUT2D eigenvalue weighted by atomic mass is 127. The Kier molecular flexibility index (Phi) is 12.8. The molecule has 7 heteroatoms. The van der Waals surface area contributed by atoms with Gasteiger partial charge in [-0.2, -0.15) is 0 Å². The van der Waals surface area contributed by atoms with E-state index < -0.39 is 0 Å². The number of rotatable bonds is 10. The van der Waals surface area contributed by atoms with E-state index in [-0.39, 0.29) is 36.0 Å². The normalized spacial score (nSPS) is 11.9. The van der Waals surface area contributed by atoms with Crippen molar-refractivity contribution in [3.63, 3.8) is 0 Å². The molecule has 0 aliphatic rings. The Balaban J connectivity index is 0.00000450. The number of halogens is 1. The minimum Gasteiger partial charge on any atom is -0.374 e. The number of carbonyl (C=O) groups excluding carboxylic acids is 1. The van der Waals surface area contributed by atoms with Crippen LogP contribution in [0.1, 0.15) is 47.9 Å². The minimum atomic E-state index is -0.0920. The molecule has 0 radical (unpaired) electrons. The topological polar surface area (TPSA) is 74.8 Å².